The van der Waals surface area contributed by atoms with Gasteiger partial charge in [0.25, 0.3) is 0 Å². The summed E-state index contributed by atoms with van der Waals surface area (Å²) in [5.74, 6) is -3.62. The summed E-state index contributed by atoms with van der Waals surface area (Å²) < 4.78 is 5.40. The topological polar surface area (TPSA) is 87.1 Å². The molecular weight excluding hydrogens is 200 g/mol. The highest BCUT2D eigenvalue weighted by atomic mass is 16.6. The van der Waals surface area contributed by atoms with Crippen LogP contribution in [0.1, 0.15) is 12.8 Å². The van der Waals surface area contributed by atoms with E-state index in [-0.39, 0.29) is 24.0 Å². The lowest BCUT2D eigenvalue weighted by molar-refractivity contribution is -0.163. The maximum atomic E-state index is 11.1. The molecule has 1 aliphatic heterocycles. The Labute approximate surface area is 86.0 Å². The van der Waals surface area contributed by atoms with Crippen LogP contribution in [0.4, 0.5) is 0 Å². The van der Waals surface area contributed by atoms with Crippen LogP contribution in [0.25, 0.3) is 0 Å². The van der Waals surface area contributed by atoms with Gasteiger partial charge in [-0.15, -0.1) is 0 Å². The van der Waals surface area contributed by atoms with Crippen LogP contribution in [0.15, 0.2) is 0 Å². The summed E-state index contributed by atoms with van der Waals surface area (Å²) in [5.41, 5.74) is 0. The SMILES string of the molecule is O=C(O)C1C2CCC(C3OC23)C1C(=O)O. The highest BCUT2D eigenvalue weighted by Gasteiger charge is 2.66. The molecule has 0 radical (unpaired) electrons. The Morgan fingerprint density at radius 1 is 0.933 bits per heavy atom. The minimum atomic E-state index is -0.981. The van der Waals surface area contributed by atoms with Crippen LogP contribution in [0.2, 0.25) is 0 Å². The molecule has 2 N–H and O–H groups in total. The Kier molecular flexibility index (Phi) is 1.66. The van der Waals surface area contributed by atoms with Gasteiger partial charge < -0.3 is 14.9 Å². The number of hydrogen-bond donors (Lipinski definition) is 2. The number of ether oxygens (including phenoxy) is 1. The van der Waals surface area contributed by atoms with Gasteiger partial charge in [0.2, 0.25) is 0 Å². The minimum absolute atomic E-state index is 0.0282. The van der Waals surface area contributed by atoms with Crippen LogP contribution >= 0.6 is 0 Å². The number of carboxylic acid groups (broad SMARTS) is 2. The standard InChI is InChI=1S/C10H12O5/c11-9(12)5-3-1-2-4(6(5)10(13)14)8-7(3)15-8/h3-8H,1-2H2,(H,11,12)(H,13,14). The first-order valence-electron chi connectivity index (χ1n) is 5.22. The highest BCUT2D eigenvalue weighted by Crippen LogP contribution is 2.58. The van der Waals surface area contributed by atoms with E-state index in [9.17, 15) is 9.59 Å². The molecule has 82 valence electrons. The third-order valence-electron chi connectivity index (χ3n) is 4.12. The number of carbonyl (C=O) groups is 2. The summed E-state index contributed by atoms with van der Waals surface area (Å²) in [5, 5.41) is 18.2. The maximum Gasteiger partial charge on any atom is 0.307 e. The van der Waals surface area contributed by atoms with Crippen LogP contribution in [0, 0.1) is 23.7 Å². The van der Waals surface area contributed by atoms with E-state index in [0.717, 1.165) is 12.8 Å². The largest absolute Gasteiger partial charge is 0.481 e. The number of fused-ring (bicyclic) bond motifs is 2. The quantitative estimate of drug-likeness (QED) is 0.638. The Bertz CT molecular complexity index is 307. The van der Waals surface area contributed by atoms with Gasteiger partial charge in [-0.3, -0.25) is 9.59 Å². The van der Waals surface area contributed by atoms with Crippen molar-refractivity contribution in [2.24, 2.45) is 23.7 Å². The molecular formula is C10H12O5. The Morgan fingerprint density at radius 3 is 1.67 bits per heavy atom. The fourth-order valence-corrected chi connectivity index (χ4v) is 3.51. The molecule has 2 bridgehead atoms. The summed E-state index contributed by atoms with van der Waals surface area (Å²) in [6, 6.07) is 0. The monoisotopic (exact) mass is 212 g/mol. The number of carboxylic acids is 2. The van der Waals surface area contributed by atoms with Gasteiger partial charge in [0.05, 0.1) is 24.0 Å². The van der Waals surface area contributed by atoms with Gasteiger partial charge in [-0.1, -0.05) is 0 Å². The zero-order valence-electron chi connectivity index (χ0n) is 8.00. The van der Waals surface area contributed by atoms with Crippen molar-refractivity contribution in [3.63, 3.8) is 0 Å². The molecule has 1 saturated heterocycles. The molecule has 5 heteroatoms. The van der Waals surface area contributed by atoms with E-state index in [1.165, 1.54) is 0 Å². The van der Waals surface area contributed by atoms with Gasteiger partial charge in [0, 0.05) is 11.8 Å². The second kappa shape index (κ2) is 2.72. The van der Waals surface area contributed by atoms with Crippen LogP contribution in [-0.4, -0.2) is 34.4 Å². The first kappa shape index (κ1) is 9.15. The molecule has 0 spiro atoms. The summed E-state index contributed by atoms with van der Waals surface area (Å²) >= 11 is 0. The molecule has 0 amide bonds. The summed E-state index contributed by atoms with van der Waals surface area (Å²) in [4.78, 5) is 22.2. The Hall–Kier alpha value is -1.10. The predicted molar refractivity (Wildman–Crippen MR) is 47.1 cm³/mol. The number of rotatable bonds is 2. The lowest BCUT2D eigenvalue weighted by atomic mass is 9.58. The average molecular weight is 212 g/mol. The van der Waals surface area contributed by atoms with Crippen molar-refractivity contribution in [1.82, 2.24) is 0 Å². The summed E-state index contributed by atoms with van der Waals surface area (Å²) in [6.45, 7) is 0. The summed E-state index contributed by atoms with van der Waals surface area (Å²) in [6.07, 6.45) is 1.65. The van der Waals surface area contributed by atoms with Crippen LogP contribution in [-0.2, 0) is 14.3 Å². The van der Waals surface area contributed by atoms with E-state index in [0.29, 0.717) is 0 Å². The lowest BCUT2D eigenvalue weighted by Crippen LogP contribution is -2.51. The van der Waals surface area contributed by atoms with E-state index in [2.05, 4.69) is 0 Å². The van der Waals surface area contributed by atoms with Gasteiger partial charge in [-0.05, 0) is 12.8 Å². The van der Waals surface area contributed by atoms with Crippen LogP contribution in [0.3, 0.4) is 0 Å². The minimum Gasteiger partial charge on any atom is -0.481 e. The average Bonchev–Trinajstić information content (AvgIpc) is 2.96. The van der Waals surface area contributed by atoms with Crippen molar-refractivity contribution in [1.29, 1.82) is 0 Å². The van der Waals surface area contributed by atoms with Crippen molar-refractivity contribution in [3.8, 4) is 0 Å². The van der Waals surface area contributed by atoms with Gasteiger partial charge in [0.1, 0.15) is 0 Å². The second-order valence-electron chi connectivity index (χ2n) is 4.70. The number of epoxide rings is 1. The highest BCUT2D eigenvalue weighted by molar-refractivity contribution is 5.81. The predicted octanol–water partition coefficient (Wildman–Crippen LogP) is 0.195. The molecule has 0 aromatic carbocycles. The molecule has 3 saturated carbocycles. The number of hydrogen-bond acceptors (Lipinski definition) is 3. The Balaban J connectivity index is 1.97. The van der Waals surface area contributed by atoms with Crippen molar-refractivity contribution in [2.75, 3.05) is 0 Å². The third-order valence-corrected chi connectivity index (χ3v) is 4.12. The first-order valence-corrected chi connectivity index (χ1v) is 5.22. The molecule has 4 fully saturated rings. The zero-order chi connectivity index (χ0) is 10.7. The third kappa shape index (κ3) is 1.07. The molecule has 0 aromatic heterocycles. The first-order chi connectivity index (χ1) is 7.11. The van der Waals surface area contributed by atoms with E-state index in [1.54, 1.807) is 0 Å². The van der Waals surface area contributed by atoms with Gasteiger partial charge in [-0.2, -0.15) is 0 Å². The number of aliphatic carboxylic acids is 2. The normalized spacial score (nSPS) is 50.9. The molecule has 0 aromatic rings. The van der Waals surface area contributed by atoms with Crippen molar-refractivity contribution < 1.29 is 24.5 Å². The maximum absolute atomic E-state index is 11.1. The Morgan fingerprint density at radius 2 is 1.33 bits per heavy atom. The molecule has 5 nitrogen and oxygen atoms in total. The molecule has 15 heavy (non-hydrogen) atoms. The van der Waals surface area contributed by atoms with Crippen LogP contribution in [0.5, 0.6) is 0 Å². The molecule has 6 unspecified atom stereocenters. The molecule has 6 atom stereocenters. The smallest absolute Gasteiger partial charge is 0.307 e. The zero-order valence-corrected chi connectivity index (χ0v) is 8.00. The van der Waals surface area contributed by atoms with E-state index in [1.807, 2.05) is 0 Å². The van der Waals surface area contributed by atoms with Crippen molar-refractivity contribution in [3.05, 3.63) is 0 Å². The molecule has 4 rings (SSSR count). The van der Waals surface area contributed by atoms with Crippen molar-refractivity contribution >= 4 is 11.9 Å². The fourth-order valence-electron chi connectivity index (χ4n) is 3.51. The van der Waals surface area contributed by atoms with Gasteiger partial charge in [-0.25, -0.2) is 0 Å². The van der Waals surface area contributed by atoms with Gasteiger partial charge in [0.15, 0.2) is 0 Å². The van der Waals surface area contributed by atoms with Crippen molar-refractivity contribution in [2.45, 2.75) is 25.0 Å². The second-order valence-corrected chi connectivity index (χ2v) is 4.70. The molecule has 4 aliphatic rings. The lowest BCUT2D eigenvalue weighted by Gasteiger charge is -2.41. The van der Waals surface area contributed by atoms with Gasteiger partial charge >= 0.3 is 11.9 Å². The van der Waals surface area contributed by atoms with E-state index < -0.39 is 23.8 Å². The van der Waals surface area contributed by atoms with E-state index in [4.69, 9.17) is 14.9 Å². The van der Waals surface area contributed by atoms with Crippen LogP contribution < -0.4 is 0 Å². The molecule has 1 heterocycles. The fraction of sp³-hybridized carbons (Fsp3) is 0.800. The molecule has 3 aliphatic carbocycles. The summed E-state index contributed by atoms with van der Waals surface area (Å²) in [7, 11) is 0. The van der Waals surface area contributed by atoms with E-state index >= 15 is 0 Å².